The number of amides is 15. The summed E-state index contributed by atoms with van der Waals surface area (Å²) in [5.41, 5.74) is 20.4. The van der Waals surface area contributed by atoms with Crippen molar-refractivity contribution < 1.29 is 112 Å². The van der Waals surface area contributed by atoms with E-state index in [0.29, 0.717) is 57.8 Å². The molecule has 46 nitrogen and oxygen atoms in total. The Morgan fingerprint density at radius 1 is 0.541 bits per heavy atom. The van der Waals surface area contributed by atoms with E-state index in [-0.39, 0.29) is 82.5 Å². The lowest BCUT2D eigenvalue weighted by molar-refractivity contribution is -0.149. The Labute approximate surface area is 767 Å². The van der Waals surface area contributed by atoms with Crippen LogP contribution in [-0.2, 0) is 106 Å². The summed E-state index contributed by atoms with van der Waals surface area (Å²) in [6.07, 6.45) is -2.39. The van der Waals surface area contributed by atoms with Crippen molar-refractivity contribution in [3.05, 3.63) is 108 Å². The third-order valence-electron chi connectivity index (χ3n) is 23.4. The van der Waals surface area contributed by atoms with Crippen LogP contribution in [0.4, 0.5) is 0 Å². The van der Waals surface area contributed by atoms with Gasteiger partial charge in [0.25, 0.3) is 0 Å². The van der Waals surface area contributed by atoms with E-state index in [0.717, 1.165) is 36.0 Å². The SMILES string of the molecule is CCCC[C@H]1C(=O)N(C)[C@@H](CCCC)C(=O)N[C@@H](CCC(=O)O)C(=O)N[C@H](C(=O)NCC(N)=O)CSCC(=O)N[C@@H](Cc2ccc(O)cc2)c2nnnn2[C@@H](C)C(=O)N[C@@H](CC(=O)O)C(=O)N2CCC[C@H]2C(=O)N[C@@H](CN)C(=O)N[C@@H](CCC(=O)O)C(=O)N2C[C@H](O)C[C@H]2C(=O)N[C@@H](Cc2c[nH]c3ccccc23)C(=O)N[C@@H](CCN)C(=O)N[C@@H](Cc2c[nH]c3ccccc23)C(=O)N1C. The molecule has 2 saturated heterocycles. The number of unbranched alkanes of at least 4 members (excludes halogenated alkanes) is 2. The van der Waals surface area contributed by atoms with Gasteiger partial charge in [-0.3, -0.25) is 86.3 Å². The molecule has 0 bridgehead atoms. The number of aliphatic carboxylic acids is 3. The number of likely N-dealkylation sites (N-methyl/N-ethyl adjacent to an activating group) is 2. The van der Waals surface area contributed by atoms with E-state index in [1.807, 2.05) is 6.92 Å². The number of nitrogens with two attached hydrogens (primary N) is 3. The van der Waals surface area contributed by atoms with Gasteiger partial charge in [-0.1, -0.05) is 88.1 Å². The summed E-state index contributed by atoms with van der Waals surface area (Å²) in [6, 6.07) is -3.22. The summed E-state index contributed by atoms with van der Waals surface area (Å²) in [4.78, 5) is 268. The van der Waals surface area contributed by atoms with Crippen LogP contribution in [0, 0.1) is 0 Å². The van der Waals surface area contributed by atoms with Crippen LogP contribution in [0.25, 0.3) is 21.8 Å². The molecule has 6 heterocycles. The molecular weight excluding hydrogens is 1760 g/mol. The minimum absolute atomic E-state index is 0.0388. The largest absolute Gasteiger partial charge is 0.508 e. The van der Waals surface area contributed by atoms with E-state index in [1.165, 1.54) is 45.3 Å². The monoisotopic (exact) mass is 1870 g/mol. The number of fused-ring (bicyclic) bond motifs is 5. The number of thioether (sulfide) groups is 1. The van der Waals surface area contributed by atoms with Gasteiger partial charge < -0.3 is 125 Å². The number of carboxylic acids is 3. The van der Waals surface area contributed by atoms with Crippen LogP contribution in [0.3, 0.4) is 0 Å². The lowest BCUT2D eigenvalue weighted by Crippen LogP contribution is -2.61. The van der Waals surface area contributed by atoms with Crippen molar-refractivity contribution in [1.29, 1.82) is 0 Å². The molecule has 23 N–H and O–H groups in total. The second-order valence-corrected chi connectivity index (χ2v) is 34.1. The highest BCUT2D eigenvalue weighted by molar-refractivity contribution is 8.00. The van der Waals surface area contributed by atoms with E-state index < -0.39 is 267 Å². The molecule has 0 aliphatic carbocycles. The number of H-pyrrole nitrogens is 2. The maximum absolute atomic E-state index is 15.8. The number of aromatic amines is 2. The molecule has 3 aromatic heterocycles. The van der Waals surface area contributed by atoms with Gasteiger partial charge in [0, 0.05) is 112 Å². The second kappa shape index (κ2) is 49.0. The molecule has 15 atom stereocenters. The second-order valence-electron chi connectivity index (χ2n) is 33.0. The Bertz CT molecular complexity index is 5200. The van der Waals surface area contributed by atoms with Gasteiger partial charge in [-0.2, -0.15) is 0 Å². The van der Waals surface area contributed by atoms with Crippen molar-refractivity contribution >= 4 is 140 Å². The normalized spacial score (nSPS) is 24.7. The Kier molecular flexibility index (Phi) is 37.9. The standard InChI is InChI=1S/C86H117N23O23S/c1-6-8-19-64-80(126)95-55(26-28-70(114)115)76(122)101-63(75(121)92-41-68(89)112)43-133-44-69(113)93-58(33-46-22-24-49(110)25-23-46)73-102-103-104-109(73)45(3)74(120)98-61(37-72(118)119)85(131)107-32-14-21-65(107)81(127)100-62(38-88)79(125)96-57(27-29-71(116)117)84(130)108-42-50(111)36-67(108)82(128)97-59(34-47-39-90-53-17-12-10-15-51(47)53)78(124)94-56(30-31-87)77(123)99-60(35-48-40-91-54-18-13-11-16-52(48)54)83(129)106(5)66(20-9-7-2)86(132)105(64)4/h10-13,15-18,22-25,39-40,45,50,55-67,90-91,110-111H,6-9,14,19-21,26-38,41-44,87-88H2,1-5H3,(H2,89,112)(H,92,121)(H,93,113)(H,94,124)(H,95,126)(H,96,125)(H,97,128)(H,98,120)(H,99,123)(H,100,127)(H,101,122)(H,114,115)(H,116,117)(H,118,119)/t45-,50+,55-,56-,57-,58-,59-,60-,61-,62-,63-,64-,65-,66-,67-/m0/s1. The van der Waals surface area contributed by atoms with E-state index in [2.05, 4.69) is 78.7 Å². The van der Waals surface area contributed by atoms with Gasteiger partial charge in [-0.15, -0.1) is 16.9 Å². The van der Waals surface area contributed by atoms with E-state index in [9.17, 15) is 78.3 Å². The van der Waals surface area contributed by atoms with Crippen molar-refractivity contribution in [2.24, 2.45) is 17.2 Å². The molecule has 0 spiro atoms. The zero-order valence-electron chi connectivity index (χ0n) is 74.2. The number of carboxylic acid groups (broad SMARTS) is 3. The first kappa shape index (κ1) is 103. The zero-order chi connectivity index (χ0) is 97.0. The Morgan fingerprint density at radius 2 is 1.07 bits per heavy atom. The minimum atomic E-state index is -1.93. The maximum atomic E-state index is 15.8. The zero-order valence-corrected chi connectivity index (χ0v) is 75.0. The van der Waals surface area contributed by atoms with Crippen LogP contribution in [0.1, 0.15) is 152 Å². The number of phenolic OH excluding ortho intramolecular Hbond substituents is 1. The molecule has 2 fully saturated rings. The first-order chi connectivity index (χ1) is 63.4. The topological polar surface area (TPSA) is 695 Å². The fourth-order valence-electron chi connectivity index (χ4n) is 16.2. The summed E-state index contributed by atoms with van der Waals surface area (Å²) in [7, 11) is 2.62. The molecule has 0 saturated carbocycles. The predicted molar refractivity (Wildman–Crippen MR) is 476 cm³/mol. The Hall–Kier alpha value is -13.7. The van der Waals surface area contributed by atoms with Gasteiger partial charge in [0.2, 0.25) is 88.6 Å². The van der Waals surface area contributed by atoms with Crippen molar-refractivity contribution in [3.63, 3.8) is 0 Å². The Morgan fingerprint density at radius 3 is 1.68 bits per heavy atom. The first-order valence-corrected chi connectivity index (χ1v) is 45.0. The molecule has 9 rings (SSSR count). The van der Waals surface area contributed by atoms with E-state index >= 15 is 33.6 Å². The van der Waals surface area contributed by atoms with Crippen molar-refractivity contribution in [2.75, 3.05) is 58.3 Å². The summed E-state index contributed by atoms with van der Waals surface area (Å²) in [5.74, 6) is -21.1. The molecule has 0 radical (unpaired) electrons. The molecule has 133 heavy (non-hydrogen) atoms. The highest BCUT2D eigenvalue weighted by Crippen LogP contribution is 2.29. The minimum Gasteiger partial charge on any atom is -0.508 e. The number of para-hydroxylation sites is 2. The van der Waals surface area contributed by atoms with E-state index in [1.54, 1.807) is 67.8 Å². The predicted octanol–water partition coefficient (Wildman–Crippen LogP) is -3.49. The Balaban J connectivity index is 1.10. The summed E-state index contributed by atoms with van der Waals surface area (Å²) in [6.45, 7) is 2.31. The van der Waals surface area contributed by atoms with Crippen LogP contribution in [0.2, 0.25) is 0 Å². The molecule has 15 amide bonds. The summed E-state index contributed by atoms with van der Waals surface area (Å²) >= 11 is 0.734. The third kappa shape index (κ3) is 28.2. The number of rotatable bonds is 26. The summed E-state index contributed by atoms with van der Waals surface area (Å²) < 4.78 is 0.948. The average Bonchev–Trinajstić information content (AvgIpc) is 1.53. The number of aliphatic hydroxyl groups is 1. The molecule has 3 aliphatic heterocycles. The molecule has 6 aromatic rings. The molecule has 3 aromatic carbocycles. The van der Waals surface area contributed by atoms with Crippen molar-refractivity contribution in [3.8, 4) is 5.75 Å². The smallest absolute Gasteiger partial charge is 0.305 e. The van der Waals surface area contributed by atoms with Gasteiger partial charge in [0.05, 0.1) is 30.9 Å². The molecule has 47 heteroatoms. The fraction of sp³-hybridized carbons (Fsp3) is 0.523. The fourth-order valence-corrected chi connectivity index (χ4v) is 17.0. The number of aromatic hydroxyl groups is 1. The lowest BCUT2D eigenvalue weighted by Gasteiger charge is -2.36. The number of nitrogens with zero attached hydrogens (tertiary/aromatic N) is 8. The van der Waals surface area contributed by atoms with Gasteiger partial charge >= 0.3 is 17.9 Å². The number of tetrazole rings is 1. The summed E-state index contributed by atoms with van der Waals surface area (Å²) in [5, 5.41) is 90.6. The molecule has 720 valence electrons. The average molecular weight is 1870 g/mol. The number of phenols is 1. The molecular formula is C86H117N23O23S. The number of benzene rings is 3. The maximum Gasteiger partial charge on any atom is 0.305 e. The van der Waals surface area contributed by atoms with Gasteiger partial charge in [0.15, 0.2) is 5.82 Å². The van der Waals surface area contributed by atoms with Gasteiger partial charge in [-0.05, 0) is 110 Å². The highest BCUT2D eigenvalue weighted by atomic mass is 32.2. The van der Waals surface area contributed by atoms with Crippen molar-refractivity contribution in [1.82, 2.24) is 103 Å². The van der Waals surface area contributed by atoms with E-state index in [4.69, 9.17) is 17.2 Å². The number of hydrogen-bond donors (Lipinski definition) is 20. The van der Waals surface area contributed by atoms with Crippen LogP contribution in [0.5, 0.6) is 5.75 Å². The molecule has 0 unspecified atom stereocenters. The number of carbonyl (C=O) groups excluding carboxylic acids is 15. The highest BCUT2D eigenvalue weighted by Gasteiger charge is 2.47. The number of aliphatic hydroxyl groups excluding tert-OH is 1. The van der Waals surface area contributed by atoms with Gasteiger partial charge in [0.1, 0.15) is 84.3 Å². The third-order valence-corrected chi connectivity index (χ3v) is 24.4. The lowest BCUT2D eigenvalue weighted by atomic mass is 9.99. The number of carbonyl (C=O) groups is 18. The number of primary amides is 1. The van der Waals surface area contributed by atoms with Gasteiger partial charge in [-0.25, -0.2) is 4.68 Å². The van der Waals surface area contributed by atoms with Crippen LogP contribution >= 0.6 is 11.8 Å². The quantitative estimate of drug-likeness (QED) is 0.0251. The van der Waals surface area contributed by atoms with Crippen molar-refractivity contribution in [2.45, 2.75) is 227 Å². The molecule has 3 aliphatic rings. The first-order valence-electron chi connectivity index (χ1n) is 43.8. The number of aromatic nitrogens is 6. The number of nitrogens with one attached hydrogen (secondary N) is 12. The number of hydrogen-bond acceptors (Lipinski definition) is 26. The van der Waals surface area contributed by atoms with Crippen LogP contribution < -0.4 is 70.4 Å². The van der Waals surface area contributed by atoms with Crippen LogP contribution in [0.15, 0.2) is 85.2 Å². The van der Waals surface area contributed by atoms with Crippen LogP contribution in [-0.4, -0.2) is 319 Å².